The van der Waals surface area contributed by atoms with Gasteiger partial charge in [0.05, 0.1) is 27.5 Å². The van der Waals surface area contributed by atoms with Crippen molar-refractivity contribution in [2.24, 2.45) is 0 Å². The molecule has 452 valence electrons. The van der Waals surface area contributed by atoms with Gasteiger partial charge in [0.25, 0.3) is 0 Å². The van der Waals surface area contributed by atoms with Gasteiger partial charge in [0.2, 0.25) is 0 Å². The fraction of sp³-hybridized carbons (Fsp3) is 0.0968. The van der Waals surface area contributed by atoms with Crippen LogP contribution in [-0.2, 0) is 16.2 Å². The summed E-state index contributed by atoms with van der Waals surface area (Å²) in [5.74, 6) is 0. The number of benzene rings is 14. The van der Waals surface area contributed by atoms with Gasteiger partial charge in [-0.05, 0) is 230 Å². The second-order valence-electron chi connectivity index (χ2n) is 28.5. The van der Waals surface area contributed by atoms with Crippen molar-refractivity contribution < 1.29 is 0 Å². The monoisotopic (exact) mass is 1210 g/mol. The third kappa shape index (κ3) is 9.14. The highest BCUT2D eigenvalue weighted by Gasteiger charge is 2.51. The minimum absolute atomic E-state index is 0.0980. The van der Waals surface area contributed by atoms with Gasteiger partial charge in [-0.2, -0.15) is 0 Å². The molecule has 2 aliphatic carbocycles. The summed E-state index contributed by atoms with van der Waals surface area (Å²) >= 11 is 0. The van der Waals surface area contributed by atoms with Crippen LogP contribution in [0.2, 0.25) is 0 Å². The molecule has 1 spiro atoms. The van der Waals surface area contributed by atoms with Gasteiger partial charge in [0.15, 0.2) is 0 Å². The second kappa shape index (κ2) is 21.4. The molecule has 95 heavy (non-hydrogen) atoms. The van der Waals surface area contributed by atoms with Gasteiger partial charge in [-0.1, -0.05) is 260 Å². The van der Waals surface area contributed by atoms with Crippen molar-refractivity contribution in [1.29, 1.82) is 0 Å². The van der Waals surface area contributed by atoms with Crippen LogP contribution in [0.5, 0.6) is 0 Å². The number of hydrogen-bond acceptors (Lipinski definition) is 0. The molecule has 2 heterocycles. The molecule has 0 radical (unpaired) electrons. The molecule has 0 aliphatic heterocycles. The van der Waals surface area contributed by atoms with Crippen molar-refractivity contribution in [3.05, 3.63) is 347 Å². The van der Waals surface area contributed by atoms with Gasteiger partial charge < -0.3 is 9.13 Å². The molecule has 2 aromatic heterocycles. The fourth-order valence-corrected chi connectivity index (χ4v) is 15.9. The summed E-state index contributed by atoms with van der Waals surface area (Å²) in [5, 5.41) is 9.94. The van der Waals surface area contributed by atoms with E-state index in [2.05, 4.69) is 366 Å². The van der Waals surface area contributed by atoms with Gasteiger partial charge in [-0.3, -0.25) is 0 Å². The molecule has 0 unspecified atom stereocenters. The second-order valence-corrected chi connectivity index (χ2v) is 28.5. The smallest absolute Gasteiger partial charge is 0.0725 e. The average molecular weight is 1220 g/mol. The standard InChI is InChI=1S/C93H70N2/c1-91(2,3)71-39-43-73(44-40-71)94-87-21-13-9-17-79(87)81-57-69(37-49-89(81)94)67-35-33-63-51-59(27-31-65(63)55-67)23-25-61-29-47-77-78-48-30-62(54-86(78)93(85(77)53-61)83-19-11-7-15-75(83)76-16-8-12-20-84(76)93)26-24-60-28-32-66-56-68(36-34-64(66)52-60)70-38-50-90-82(58-70)80-18-10-14-22-88(80)95(90)74-45-41-72(42-46-74)92(4,5)6/h7-58H,1-6H3. The van der Waals surface area contributed by atoms with E-state index in [0.717, 1.165) is 0 Å². The molecule has 0 fully saturated rings. The number of hydrogen-bond donors (Lipinski definition) is 0. The molecular weight excluding hydrogens is 1150 g/mol. The fourth-order valence-electron chi connectivity index (χ4n) is 15.9. The normalized spacial score (nSPS) is 13.4. The van der Waals surface area contributed by atoms with E-state index in [-0.39, 0.29) is 10.8 Å². The Kier molecular flexibility index (Phi) is 12.7. The molecule has 0 N–H and O–H groups in total. The number of fused-ring (bicyclic) bond motifs is 18. The highest BCUT2D eigenvalue weighted by Crippen LogP contribution is 2.63. The van der Waals surface area contributed by atoms with Crippen LogP contribution in [0.1, 0.15) is 97.2 Å². The maximum Gasteiger partial charge on any atom is 0.0725 e. The Bertz CT molecular complexity index is 5540. The lowest BCUT2D eigenvalue weighted by molar-refractivity contribution is 0.590. The molecule has 0 saturated carbocycles. The maximum atomic E-state index is 2.47. The average Bonchev–Trinajstić information content (AvgIpc) is 1.51. The van der Waals surface area contributed by atoms with E-state index in [1.807, 2.05) is 0 Å². The van der Waals surface area contributed by atoms with E-state index in [4.69, 9.17) is 0 Å². The predicted molar refractivity (Wildman–Crippen MR) is 405 cm³/mol. The lowest BCUT2D eigenvalue weighted by Crippen LogP contribution is -2.26. The Hall–Kier alpha value is -11.3. The minimum Gasteiger partial charge on any atom is -0.309 e. The van der Waals surface area contributed by atoms with E-state index in [1.165, 1.54) is 177 Å². The molecule has 0 atom stereocenters. The molecular formula is C93H70N2. The molecule has 0 bridgehead atoms. The minimum atomic E-state index is -0.479. The molecule has 14 aromatic carbocycles. The Morgan fingerprint density at radius 2 is 0.579 bits per heavy atom. The first-order valence-corrected chi connectivity index (χ1v) is 33.5. The lowest BCUT2D eigenvalue weighted by Gasteiger charge is -2.30. The van der Waals surface area contributed by atoms with E-state index >= 15 is 0 Å². The Morgan fingerprint density at radius 3 is 1.01 bits per heavy atom. The third-order valence-corrected chi connectivity index (χ3v) is 20.8. The Morgan fingerprint density at radius 1 is 0.253 bits per heavy atom. The first-order chi connectivity index (χ1) is 46.3. The van der Waals surface area contributed by atoms with Crippen molar-refractivity contribution in [3.8, 4) is 55.9 Å². The highest BCUT2D eigenvalue weighted by molar-refractivity contribution is 6.12. The van der Waals surface area contributed by atoms with Crippen molar-refractivity contribution in [1.82, 2.24) is 9.13 Å². The zero-order chi connectivity index (χ0) is 63.9. The van der Waals surface area contributed by atoms with E-state index in [0.29, 0.717) is 0 Å². The number of rotatable bonds is 8. The van der Waals surface area contributed by atoms with Gasteiger partial charge in [-0.15, -0.1) is 0 Å². The van der Waals surface area contributed by atoms with Gasteiger partial charge >= 0.3 is 0 Å². The zero-order valence-electron chi connectivity index (χ0n) is 54.4. The van der Waals surface area contributed by atoms with E-state index in [1.54, 1.807) is 0 Å². The predicted octanol–water partition coefficient (Wildman–Crippen LogP) is 24.8. The summed E-state index contributed by atoms with van der Waals surface area (Å²) in [7, 11) is 0. The maximum absolute atomic E-state index is 2.47. The Labute approximate surface area is 555 Å². The van der Waals surface area contributed by atoms with E-state index in [9.17, 15) is 0 Å². The molecule has 16 aromatic rings. The van der Waals surface area contributed by atoms with Crippen molar-refractivity contribution in [3.63, 3.8) is 0 Å². The van der Waals surface area contributed by atoms with Crippen LogP contribution in [-0.4, -0.2) is 9.13 Å². The molecule has 2 aliphatic rings. The van der Waals surface area contributed by atoms with E-state index < -0.39 is 5.41 Å². The van der Waals surface area contributed by atoms with Crippen LogP contribution < -0.4 is 0 Å². The summed E-state index contributed by atoms with van der Waals surface area (Å²) in [6.45, 7) is 13.6. The topological polar surface area (TPSA) is 9.86 Å². The number of para-hydroxylation sites is 2. The van der Waals surface area contributed by atoms with Crippen molar-refractivity contribution in [2.45, 2.75) is 57.8 Å². The quantitative estimate of drug-likeness (QED) is 0.134. The highest BCUT2D eigenvalue weighted by atomic mass is 15.0. The van der Waals surface area contributed by atoms with Crippen molar-refractivity contribution >= 4 is 89.5 Å². The third-order valence-electron chi connectivity index (χ3n) is 20.8. The van der Waals surface area contributed by atoms with Crippen molar-refractivity contribution in [2.75, 3.05) is 0 Å². The van der Waals surface area contributed by atoms with Crippen LogP contribution in [0.25, 0.3) is 145 Å². The van der Waals surface area contributed by atoms with Crippen LogP contribution >= 0.6 is 0 Å². The van der Waals surface area contributed by atoms with Gasteiger partial charge in [-0.25, -0.2) is 0 Å². The Balaban J connectivity index is 0.634. The first-order valence-electron chi connectivity index (χ1n) is 33.5. The summed E-state index contributed by atoms with van der Waals surface area (Å²) in [6.07, 6.45) is 9.17. The summed E-state index contributed by atoms with van der Waals surface area (Å²) in [5.41, 5.74) is 29.7. The summed E-state index contributed by atoms with van der Waals surface area (Å²) < 4.78 is 4.82. The summed E-state index contributed by atoms with van der Waals surface area (Å²) in [6, 6.07) is 110. The molecule has 2 heteroatoms. The number of nitrogens with zero attached hydrogens (tertiary/aromatic N) is 2. The zero-order valence-corrected chi connectivity index (χ0v) is 54.4. The van der Waals surface area contributed by atoms with Gasteiger partial charge in [0, 0.05) is 32.9 Å². The molecule has 18 rings (SSSR count). The lowest BCUT2D eigenvalue weighted by atomic mass is 9.70. The van der Waals surface area contributed by atoms with Crippen LogP contribution in [0.15, 0.2) is 291 Å². The van der Waals surface area contributed by atoms with Crippen LogP contribution in [0.4, 0.5) is 0 Å². The van der Waals surface area contributed by atoms with Gasteiger partial charge in [0.1, 0.15) is 0 Å². The van der Waals surface area contributed by atoms with Crippen LogP contribution in [0, 0.1) is 0 Å². The largest absolute Gasteiger partial charge is 0.309 e. The SMILES string of the molecule is CC(C)(C)c1ccc(-n2c3ccccc3c3cc(-c4ccc5cc(C=Cc6ccc7c(c6)C6(c8ccccc8-c8ccccc86)c6cc(C=Cc8ccc9cc(-c%10ccc%11c(c%10)c%10ccccc%10n%11-c%10ccc(C(C)(C)C)cc%10)ccc9c8)ccc6-7)ccc5c4)ccc32)cc1. The molecule has 2 nitrogen and oxygen atoms in total. The first kappa shape index (κ1) is 56.4. The summed E-state index contributed by atoms with van der Waals surface area (Å²) in [4.78, 5) is 0. The number of aromatic nitrogens is 2. The van der Waals surface area contributed by atoms with Crippen LogP contribution in [0.3, 0.4) is 0 Å². The molecule has 0 amide bonds. The molecule has 0 saturated heterocycles.